The van der Waals surface area contributed by atoms with E-state index in [1.165, 1.54) is 13.0 Å². The molecule has 0 saturated heterocycles. The first-order valence-electron chi connectivity index (χ1n) is 6.84. The van der Waals surface area contributed by atoms with Crippen LogP contribution in [0.3, 0.4) is 0 Å². The number of carbonyl (C=O) groups is 4. The van der Waals surface area contributed by atoms with Crippen LogP contribution in [-0.2, 0) is 9.59 Å². The number of hydrogen-bond acceptors (Lipinski definition) is 4. The molecule has 1 aliphatic carbocycles. The second-order valence-electron chi connectivity index (χ2n) is 5.64. The highest BCUT2D eigenvalue weighted by Gasteiger charge is 2.44. The molecule has 1 N–H and O–H groups in total. The third-order valence-electron chi connectivity index (χ3n) is 3.34. The van der Waals surface area contributed by atoms with Gasteiger partial charge in [0.25, 0.3) is 0 Å². The van der Waals surface area contributed by atoms with E-state index in [4.69, 9.17) is 0 Å². The number of rotatable bonds is 4. The van der Waals surface area contributed by atoms with Gasteiger partial charge in [0.05, 0.1) is 11.3 Å². The van der Waals surface area contributed by atoms with Crippen molar-refractivity contribution in [3.05, 3.63) is 29.3 Å². The van der Waals surface area contributed by atoms with Crippen molar-refractivity contribution >= 4 is 28.9 Å². The van der Waals surface area contributed by atoms with Crippen molar-refractivity contribution in [2.24, 2.45) is 11.8 Å². The maximum absolute atomic E-state index is 12.4. The van der Waals surface area contributed by atoms with Gasteiger partial charge in [-0.1, -0.05) is 26.0 Å². The van der Waals surface area contributed by atoms with Gasteiger partial charge < -0.3 is 5.32 Å². The van der Waals surface area contributed by atoms with Crippen LogP contribution in [0, 0.1) is 11.8 Å². The molecule has 0 aromatic heterocycles. The average molecular weight is 287 g/mol. The van der Waals surface area contributed by atoms with E-state index in [1.807, 2.05) is 13.8 Å². The van der Waals surface area contributed by atoms with Gasteiger partial charge in [-0.25, -0.2) is 0 Å². The number of Topliss-reactive ketones (excluding diaryl/α,β-unsaturated/α-hetero) is 3. The molecule has 1 aliphatic rings. The molecule has 0 heterocycles. The standard InChI is InChI=1S/C16H17NO4/c1-8(2)7-12(19)14-15(20)10-5-4-6-11(17-9(3)18)13(10)16(14)21/h4-6,8,14H,7H2,1-3H3,(H,17,18). The number of anilines is 1. The van der Waals surface area contributed by atoms with Crippen LogP contribution in [-0.4, -0.2) is 23.3 Å². The second kappa shape index (κ2) is 5.60. The largest absolute Gasteiger partial charge is 0.326 e. The Balaban J connectivity index is 2.42. The highest BCUT2D eigenvalue weighted by molar-refractivity contribution is 6.37. The summed E-state index contributed by atoms with van der Waals surface area (Å²) >= 11 is 0. The van der Waals surface area contributed by atoms with Crippen LogP contribution in [0.4, 0.5) is 5.69 Å². The highest BCUT2D eigenvalue weighted by atomic mass is 16.2. The van der Waals surface area contributed by atoms with Crippen LogP contribution in [0.5, 0.6) is 0 Å². The van der Waals surface area contributed by atoms with Gasteiger partial charge in [-0.2, -0.15) is 0 Å². The summed E-state index contributed by atoms with van der Waals surface area (Å²) in [5.41, 5.74) is 0.659. The SMILES string of the molecule is CC(=O)Nc1cccc2c1C(=O)C(C(=O)CC(C)C)C2=O. The van der Waals surface area contributed by atoms with Crippen molar-refractivity contribution in [1.29, 1.82) is 0 Å². The molecule has 5 heteroatoms. The summed E-state index contributed by atoms with van der Waals surface area (Å²) in [4.78, 5) is 48.1. The summed E-state index contributed by atoms with van der Waals surface area (Å²) in [6, 6.07) is 4.66. The van der Waals surface area contributed by atoms with E-state index in [0.717, 1.165) is 0 Å². The van der Waals surface area contributed by atoms with E-state index >= 15 is 0 Å². The second-order valence-corrected chi connectivity index (χ2v) is 5.64. The van der Waals surface area contributed by atoms with Gasteiger partial charge in [0.15, 0.2) is 17.3 Å². The highest BCUT2D eigenvalue weighted by Crippen LogP contribution is 2.33. The first kappa shape index (κ1) is 15.1. The van der Waals surface area contributed by atoms with Gasteiger partial charge in [0, 0.05) is 18.9 Å². The molecular formula is C16H17NO4. The Hall–Kier alpha value is -2.30. The first-order valence-corrected chi connectivity index (χ1v) is 6.84. The molecule has 0 aliphatic heterocycles. The summed E-state index contributed by atoms with van der Waals surface area (Å²) in [5, 5.41) is 2.53. The van der Waals surface area contributed by atoms with Crippen molar-refractivity contribution in [1.82, 2.24) is 0 Å². The molecule has 0 saturated carbocycles. The third kappa shape index (κ3) is 2.77. The molecule has 0 fully saturated rings. The lowest BCUT2D eigenvalue weighted by Crippen LogP contribution is -2.26. The summed E-state index contributed by atoms with van der Waals surface area (Å²) in [7, 11) is 0. The number of amides is 1. The van der Waals surface area contributed by atoms with Crippen molar-refractivity contribution < 1.29 is 19.2 Å². The molecule has 1 amide bonds. The van der Waals surface area contributed by atoms with Crippen LogP contribution >= 0.6 is 0 Å². The fraction of sp³-hybridized carbons (Fsp3) is 0.375. The maximum Gasteiger partial charge on any atom is 0.221 e. The fourth-order valence-electron chi connectivity index (χ4n) is 2.55. The molecule has 1 aromatic carbocycles. The fourth-order valence-corrected chi connectivity index (χ4v) is 2.55. The Morgan fingerprint density at radius 3 is 2.43 bits per heavy atom. The Kier molecular flexibility index (Phi) is 4.02. The minimum Gasteiger partial charge on any atom is -0.326 e. The number of benzene rings is 1. The molecule has 1 aromatic rings. The lowest BCUT2D eigenvalue weighted by Gasteiger charge is -2.08. The molecule has 0 radical (unpaired) electrons. The van der Waals surface area contributed by atoms with Crippen molar-refractivity contribution in [3.8, 4) is 0 Å². The van der Waals surface area contributed by atoms with E-state index in [1.54, 1.807) is 12.1 Å². The minimum atomic E-state index is -1.25. The van der Waals surface area contributed by atoms with E-state index in [-0.39, 0.29) is 40.8 Å². The average Bonchev–Trinajstić information content (AvgIpc) is 2.61. The summed E-state index contributed by atoms with van der Waals surface area (Å²) in [6.07, 6.45) is 0.186. The van der Waals surface area contributed by atoms with Crippen LogP contribution in [0.2, 0.25) is 0 Å². The molecule has 0 bridgehead atoms. The zero-order chi connectivity index (χ0) is 15.7. The van der Waals surface area contributed by atoms with Crippen molar-refractivity contribution in [2.75, 3.05) is 5.32 Å². The maximum atomic E-state index is 12.4. The van der Waals surface area contributed by atoms with Gasteiger partial charge >= 0.3 is 0 Å². The third-order valence-corrected chi connectivity index (χ3v) is 3.34. The predicted molar refractivity (Wildman–Crippen MR) is 77.4 cm³/mol. The van der Waals surface area contributed by atoms with E-state index in [0.29, 0.717) is 0 Å². The van der Waals surface area contributed by atoms with Crippen LogP contribution in [0.25, 0.3) is 0 Å². The lowest BCUT2D eigenvalue weighted by molar-refractivity contribution is -0.121. The topological polar surface area (TPSA) is 80.3 Å². The van der Waals surface area contributed by atoms with Crippen molar-refractivity contribution in [3.63, 3.8) is 0 Å². The molecule has 110 valence electrons. The first-order chi connectivity index (χ1) is 9.82. The number of hydrogen-bond donors (Lipinski definition) is 1. The van der Waals surface area contributed by atoms with Crippen LogP contribution in [0.15, 0.2) is 18.2 Å². The number of fused-ring (bicyclic) bond motifs is 1. The number of ketones is 3. The molecule has 2 rings (SSSR count). The quantitative estimate of drug-likeness (QED) is 0.861. The molecule has 1 atom stereocenters. The predicted octanol–water partition coefficient (Wildman–Crippen LogP) is 2.26. The molecule has 5 nitrogen and oxygen atoms in total. The number of carbonyl (C=O) groups excluding carboxylic acids is 4. The monoisotopic (exact) mass is 287 g/mol. The van der Waals surface area contributed by atoms with Gasteiger partial charge in [0.1, 0.15) is 5.92 Å². The lowest BCUT2D eigenvalue weighted by atomic mass is 9.92. The Morgan fingerprint density at radius 1 is 1.19 bits per heavy atom. The van der Waals surface area contributed by atoms with Crippen LogP contribution < -0.4 is 5.32 Å². The Bertz CT molecular complexity index is 646. The number of nitrogens with one attached hydrogen (secondary N) is 1. The molecular weight excluding hydrogens is 270 g/mol. The van der Waals surface area contributed by atoms with E-state index < -0.39 is 17.5 Å². The smallest absolute Gasteiger partial charge is 0.221 e. The zero-order valence-electron chi connectivity index (χ0n) is 12.2. The minimum absolute atomic E-state index is 0.0802. The Labute approximate surface area is 122 Å². The summed E-state index contributed by atoms with van der Waals surface area (Å²) < 4.78 is 0. The van der Waals surface area contributed by atoms with Gasteiger partial charge in [-0.15, -0.1) is 0 Å². The Morgan fingerprint density at radius 2 is 1.86 bits per heavy atom. The summed E-state index contributed by atoms with van der Waals surface area (Å²) in [6.45, 7) is 5.04. The molecule has 0 spiro atoms. The van der Waals surface area contributed by atoms with Crippen molar-refractivity contribution in [2.45, 2.75) is 27.2 Å². The van der Waals surface area contributed by atoms with Gasteiger partial charge in [0.2, 0.25) is 5.91 Å². The van der Waals surface area contributed by atoms with E-state index in [9.17, 15) is 19.2 Å². The molecule has 1 unspecified atom stereocenters. The van der Waals surface area contributed by atoms with Gasteiger partial charge in [-0.3, -0.25) is 19.2 Å². The molecule has 21 heavy (non-hydrogen) atoms. The zero-order valence-corrected chi connectivity index (χ0v) is 12.2. The normalized spacial score (nSPS) is 17.0. The van der Waals surface area contributed by atoms with Crippen LogP contribution in [0.1, 0.15) is 47.9 Å². The summed E-state index contributed by atoms with van der Waals surface area (Å²) in [5.74, 6) is -2.84. The van der Waals surface area contributed by atoms with Gasteiger partial charge in [-0.05, 0) is 12.0 Å². The van der Waals surface area contributed by atoms with E-state index in [2.05, 4.69) is 5.32 Å².